The van der Waals surface area contributed by atoms with Gasteiger partial charge in [-0.1, -0.05) is 0 Å². The number of hydrogen-bond donors (Lipinski definition) is 2. The predicted molar refractivity (Wildman–Crippen MR) is 43.7 cm³/mol. The monoisotopic (exact) mass is 181 g/mol. The molecule has 0 aliphatic rings. The first kappa shape index (κ1) is 9.11. The van der Waals surface area contributed by atoms with Crippen molar-refractivity contribution in [2.24, 2.45) is 5.73 Å². The number of nitrogens with one attached hydrogen (secondary N) is 1. The number of nitrogens with zero attached hydrogens (tertiary/aromatic N) is 1. The van der Waals surface area contributed by atoms with Crippen molar-refractivity contribution in [1.82, 2.24) is 4.98 Å². The molecule has 1 amide bonds. The van der Waals surface area contributed by atoms with Crippen molar-refractivity contribution in [3.8, 4) is 0 Å². The van der Waals surface area contributed by atoms with Crippen LogP contribution in [0.15, 0.2) is 6.33 Å². The van der Waals surface area contributed by atoms with Crippen LogP contribution in [0.2, 0.25) is 0 Å². The number of ketones is 1. The molecule has 68 valence electrons. The Morgan fingerprint density at radius 2 is 2.15 bits per heavy atom. The molecule has 1 heterocycles. The van der Waals surface area contributed by atoms with Crippen molar-refractivity contribution in [2.45, 2.75) is 6.92 Å². The topological polar surface area (TPSA) is 113 Å². The molecule has 0 aromatic carbocycles. The van der Waals surface area contributed by atoms with Gasteiger partial charge in [0.05, 0.1) is 0 Å². The summed E-state index contributed by atoms with van der Waals surface area (Å²) >= 11 is 0. The van der Waals surface area contributed by atoms with Crippen molar-refractivity contribution < 1.29 is 14.6 Å². The Hall–Kier alpha value is -1.98. The van der Waals surface area contributed by atoms with E-state index in [-0.39, 0.29) is 22.9 Å². The highest BCUT2D eigenvalue weighted by molar-refractivity contribution is 6.02. The van der Waals surface area contributed by atoms with Crippen LogP contribution in [0.4, 0.5) is 5.69 Å². The first-order chi connectivity index (χ1) is 6.04. The van der Waals surface area contributed by atoms with Gasteiger partial charge < -0.3 is 11.5 Å². The fourth-order valence-corrected chi connectivity index (χ4v) is 0.915. The SMILES string of the molecule is CC(=O)c1[nH+]cnc(C(N)=O)c1N. The number of Topliss-reactive ketones (excluding diaryl/α,β-unsaturated/α-hetero) is 1. The van der Waals surface area contributed by atoms with Crippen molar-refractivity contribution in [1.29, 1.82) is 0 Å². The second kappa shape index (κ2) is 3.18. The molecule has 0 fully saturated rings. The Balaban J connectivity index is 3.35. The van der Waals surface area contributed by atoms with Crippen LogP contribution in [0.3, 0.4) is 0 Å². The van der Waals surface area contributed by atoms with Crippen LogP contribution in [-0.2, 0) is 0 Å². The van der Waals surface area contributed by atoms with E-state index in [1.807, 2.05) is 0 Å². The number of amides is 1. The molecule has 6 nitrogen and oxygen atoms in total. The standard InChI is InChI=1S/C7H8N4O2/c1-3(12)5-4(8)6(7(9)13)11-2-10-5/h2H,8H2,1H3,(H2,9,13)/p+1. The minimum atomic E-state index is -0.756. The molecule has 0 aliphatic heterocycles. The predicted octanol–water partition coefficient (Wildman–Crippen LogP) is -1.22. The molecule has 5 N–H and O–H groups in total. The minimum Gasteiger partial charge on any atom is -0.391 e. The van der Waals surface area contributed by atoms with Gasteiger partial charge in [-0.3, -0.25) is 9.59 Å². The number of carbonyl (C=O) groups excluding carboxylic acids is 2. The average Bonchev–Trinajstić information content (AvgIpc) is 2.03. The van der Waals surface area contributed by atoms with Gasteiger partial charge in [0.25, 0.3) is 17.9 Å². The number of H-pyrrole nitrogens is 1. The lowest BCUT2D eigenvalue weighted by molar-refractivity contribution is -0.385. The smallest absolute Gasteiger partial charge is 0.295 e. The molecule has 0 bridgehead atoms. The lowest BCUT2D eigenvalue weighted by Crippen LogP contribution is -2.25. The third kappa shape index (κ3) is 1.61. The molecule has 6 heteroatoms. The molecule has 0 saturated carbocycles. The summed E-state index contributed by atoms with van der Waals surface area (Å²) in [4.78, 5) is 27.9. The number of rotatable bonds is 2. The van der Waals surface area contributed by atoms with Crippen molar-refractivity contribution in [3.05, 3.63) is 17.7 Å². The van der Waals surface area contributed by atoms with Crippen LogP contribution in [0.1, 0.15) is 27.9 Å². The Morgan fingerprint density at radius 3 is 2.62 bits per heavy atom. The normalized spacial score (nSPS) is 9.62. The summed E-state index contributed by atoms with van der Waals surface area (Å²) in [5.74, 6) is -1.03. The molecule has 13 heavy (non-hydrogen) atoms. The maximum absolute atomic E-state index is 10.9. The van der Waals surface area contributed by atoms with Crippen LogP contribution >= 0.6 is 0 Å². The third-order valence-corrected chi connectivity index (χ3v) is 1.51. The highest BCUT2D eigenvalue weighted by Crippen LogP contribution is 2.09. The van der Waals surface area contributed by atoms with Gasteiger partial charge >= 0.3 is 0 Å². The third-order valence-electron chi connectivity index (χ3n) is 1.51. The summed E-state index contributed by atoms with van der Waals surface area (Å²) in [5, 5.41) is 0. The second-order valence-corrected chi connectivity index (χ2v) is 2.46. The molecule has 1 aromatic rings. The van der Waals surface area contributed by atoms with Gasteiger partial charge in [-0.15, -0.1) is 0 Å². The van der Waals surface area contributed by atoms with Crippen molar-refractivity contribution >= 4 is 17.4 Å². The molecule has 1 aromatic heterocycles. The minimum absolute atomic E-state index is 0.0116. The molecule has 0 atom stereocenters. The fraction of sp³-hybridized carbons (Fsp3) is 0.143. The maximum atomic E-state index is 10.9. The number of aromatic nitrogens is 2. The van der Waals surface area contributed by atoms with E-state index >= 15 is 0 Å². The number of anilines is 1. The van der Waals surface area contributed by atoms with Gasteiger partial charge in [-0.2, -0.15) is 0 Å². The number of primary amides is 1. The lowest BCUT2D eigenvalue weighted by atomic mass is 10.2. The Kier molecular flexibility index (Phi) is 2.23. The van der Waals surface area contributed by atoms with Crippen LogP contribution in [0.5, 0.6) is 0 Å². The van der Waals surface area contributed by atoms with E-state index in [4.69, 9.17) is 11.5 Å². The van der Waals surface area contributed by atoms with Gasteiger partial charge in [-0.25, -0.2) is 4.98 Å². The Labute approximate surface area is 74.0 Å². The Morgan fingerprint density at radius 1 is 1.54 bits per heavy atom. The lowest BCUT2D eigenvalue weighted by Gasteiger charge is -1.96. The molecule has 0 unspecified atom stereocenters. The molecule has 0 radical (unpaired) electrons. The van der Waals surface area contributed by atoms with Crippen molar-refractivity contribution in [2.75, 3.05) is 5.73 Å². The summed E-state index contributed by atoms with van der Waals surface area (Å²) in [7, 11) is 0. The Bertz CT molecular complexity index is 343. The van der Waals surface area contributed by atoms with E-state index in [9.17, 15) is 9.59 Å². The van der Waals surface area contributed by atoms with E-state index in [1.165, 1.54) is 13.3 Å². The van der Waals surface area contributed by atoms with E-state index in [2.05, 4.69) is 9.97 Å². The summed E-state index contributed by atoms with van der Waals surface area (Å²) in [6.45, 7) is 1.33. The van der Waals surface area contributed by atoms with Crippen molar-refractivity contribution in [3.63, 3.8) is 0 Å². The number of aromatic amines is 1. The van der Waals surface area contributed by atoms with Crippen LogP contribution < -0.4 is 16.5 Å². The van der Waals surface area contributed by atoms with E-state index in [0.717, 1.165) is 0 Å². The second-order valence-electron chi connectivity index (χ2n) is 2.46. The molecule has 0 spiro atoms. The molecule has 1 rings (SSSR count). The average molecular weight is 181 g/mol. The first-order valence-corrected chi connectivity index (χ1v) is 3.51. The fourth-order valence-electron chi connectivity index (χ4n) is 0.915. The van der Waals surface area contributed by atoms with Crippen LogP contribution in [0, 0.1) is 0 Å². The molecule has 0 saturated heterocycles. The largest absolute Gasteiger partial charge is 0.391 e. The van der Waals surface area contributed by atoms with Gasteiger partial charge in [0.1, 0.15) is 5.69 Å². The number of carbonyl (C=O) groups is 2. The highest BCUT2D eigenvalue weighted by Gasteiger charge is 2.20. The molecule has 0 aliphatic carbocycles. The van der Waals surface area contributed by atoms with Gasteiger partial charge in [0.2, 0.25) is 5.78 Å². The van der Waals surface area contributed by atoms with E-state index in [0.29, 0.717) is 0 Å². The first-order valence-electron chi connectivity index (χ1n) is 3.51. The van der Waals surface area contributed by atoms with Crippen LogP contribution in [0.25, 0.3) is 0 Å². The summed E-state index contributed by atoms with van der Waals surface area (Å²) in [6, 6.07) is 0. The summed E-state index contributed by atoms with van der Waals surface area (Å²) < 4.78 is 0. The maximum Gasteiger partial charge on any atom is 0.295 e. The molecular formula is C7H9N4O2+. The highest BCUT2D eigenvalue weighted by atomic mass is 16.1. The number of nitrogens with two attached hydrogens (primary N) is 2. The van der Waals surface area contributed by atoms with Crippen LogP contribution in [-0.4, -0.2) is 16.7 Å². The van der Waals surface area contributed by atoms with Gasteiger partial charge in [0, 0.05) is 6.92 Å². The van der Waals surface area contributed by atoms with Gasteiger partial charge in [-0.05, 0) is 4.98 Å². The zero-order chi connectivity index (χ0) is 10.0. The quantitative estimate of drug-likeness (QED) is 0.556. The zero-order valence-electron chi connectivity index (χ0n) is 7.00. The molecular weight excluding hydrogens is 172 g/mol. The number of nitrogen functional groups attached to an aromatic ring is 1. The zero-order valence-corrected chi connectivity index (χ0v) is 7.00. The summed E-state index contributed by atoms with van der Waals surface area (Å²) in [6.07, 6.45) is 1.20. The van der Waals surface area contributed by atoms with Gasteiger partial charge in [0.15, 0.2) is 5.69 Å². The summed E-state index contributed by atoms with van der Waals surface area (Å²) in [5.41, 5.74) is 10.5. The van der Waals surface area contributed by atoms with E-state index in [1.54, 1.807) is 0 Å². The van der Waals surface area contributed by atoms with E-state index < -0.39 is 5.91 Å². The number of hydrogen-bond acceptors (Lipinski definition) is 4.